The molecule has 0 bridgehead atoms. The molecule has 4 heteroatoms. The van der Waals surface area contributed by atoms with Crippen molar-refractivity contribution in [2.24, 2.45) is 5.92 Å². The van der Waals surface area contributed by atoms with Crippen molar-refractivity contribution in [2.45, 2.75) is 72.8 Å². The smallest absolute Gasteiger partial charge is 1.00 e. The molecule has 4 aliphatic rings. The van der Waals surface area contributed by atoms with Gasteiger partial charge in [0.15, 0.2) is 0 Å². The van der Waals surface area contributed by atoms with Crippen LogP contribution in [-0.2, 0) is 22.9 Å². The van der Waals surface area contributed by atoms with E-state index in [0.717, 1.165) is 8.71 Å². The van der Waals surface area contributed by atoms with Gasteiger partial charge in [0.1, 0.15) is 0 Å². The first kappa shape index (κ1) is 21.9. The van der Waals surface area contributed by atoms with Gasteiger partial charge in [-0.05, 0) is 0 Å². The Kier molecular flexibility index (Phi) is 8.08. The van der Waals surface area contributed by atoms with Crippen LogP contribution in [0.1, 0.15) is 51.9 Å². The van der Waals surface area contributed by atoms with E-state index in [1.807, 2.05) is 8.90 Å². The van der Waals surface area contributed by atoms with E-state index in [-0.39, 0.29) is 24.8 Å². The van der Waals surface area contributed by atoms with Crippen molar-refractivity contribution in [3.05, 3.63) is 45.4 Å². The van der Waals surface area contributed by atoms with Gasteiger partial charge in [-0.25, -0.2) is 0 Å². The van der Waals surface area contributed by atoms with E-state index in [1.165, 1.54) is 32.1 Å². The van der Waals surface area contributed by atoms with E-state index in [2.05, 4.69) is 43.4 Å². The maximum Gasteiger partial charge on any atom is -1.00 e. The SMILES string of the molecule is CCCC[Si]1([C]2([Hf+2][C]3=CC=CC3)CCC3CC=CC=C32)CCC1.[Cl-].[Cl-]. The molecule has 0 nitrogen and oxygen atoms in total. The molecule has 2 atom stereocenters. The Morgan fingerprint density at radius 3 is 2.60 bits per heavy atom. The zero-order valence-electron chi connectivity index (χ0n) is 15.4. The van der Waals surface area contributed by atoms with E-state index >= 15 is 0 Å². The average molecular weight is 560 g/mol. The van der Waals surface area contributed by atoms with Gasteiger partial charge in [-0.3, -0.25) is 0 Å². The molecule has 1 heterocycles. The first-order valence-electron chi connectivity index (χ1n) is 9.81. The quantitative estimate of drug-likeness (QED) is 0.418. The van der Waals surface area contributed by atoms with Crippen LogP contribution in [0.4, 0.5) is 0 Å². The molecular formula is C21H30Cl2HfSi. The minimum Gasteiger partial charge on any atom is -1.00 e. The number of fused-ring (bicyclic) bond motifs is 1. The van der Waals surface area contributed by atoms with E-state index in [9.17, 15) is 0 Å². The second-order valence-corrected chi connectivity index (χ2v) is 21.1. The average Bonchev–Trinajstić information content (AvgIpc) is 3.16. The molecule has 25 heavy (non-hydrogen) atoms. The van der Waals surface area contributed by atoms with Crippen molar-refractivity contribution < 1.29 is 47.7 Å². The fourth-order valence-electron chi connectivity index (χ4n) is 5.64. The molecule has 4 rings (SSSR count). The number of hydrogen-bond donors (Lipinski definition) is 0. The topological polar surface area (TPSA) is 0 Å². The summed E-state index contributed by atoms with van der Waals surface area (Å²) in [5.74, 6) is 0.939. The van der Waals surface area contributed by atoms with Crippen LogP contribution in [0.3, 0.4) is 0 Å². The second-order valence-electron chi connectivity index (χ2n) is 8.11. The minimum absolute atomic E-state index is 0. The Hall–Kier alpha value is 0.627. The monoisotopic (exact) mass is 560 g/mol. The minimum atomic E-state index is -1.04. The van der Waals surface area contributed by atoms with Gasteiger partial charge in [-0.15, -0.1) is 0 Å². The normalized spacial score (nSPS) is 31.0. The van der Waals surface area contributed by atoms with Crippen LogP contribution in [0.25, 0.3) is 0 Å². The standard InChI is InChI=1S/C16H25Si.C5H5.2ClH.Hf/c1-2-3-11-17(12-6-13-17)16-10-9-14-7-4-5-8-15(14)16;1-2-4-5-3-1;;;/h4-5,8,14H,2-3,6-7,9-13H2,1H3;1-3H,4H2;2*1H;/q;;;;+2/p-2. The summed E-state index contributed by atoms with van der Waals surface area (Å²) in [5, 5.41) is 0. The van der Waals surface area contributed by atoms with Gasteiger partial charge in [0.25, 0.3) is 0 Å². The van der Waals surface area contributed by atoms with E-state index in [1.54, 1.807) is 31.0 Å². The molecular weight excluding hydrogens is 530 g/mol. The summed E-state index contributed by atoms with van der Waals surface area (Å²) in [6.45, 7) is 2.40. The van der Waals surface area contributed by atoms with E-state index < -0.39 is 31.0 Å². The third kappa shape index (κ3) is 3.80. The third-order valence-electron chi connectivity index (χ3n) is 7.00. The number of unbranched alkanes of at least 4 members (excludes halogenated alkanes) is 1. The van der Waals surface area contributed by atoms with Crippen LogP contribution in [0.5, 0.6) is 0 Å². The summed E-state index contributed by atoms with van der Waals surface area (Å²) in [7, 11) is -1.04. The maximum absolute atomic E-state index is 2.62. The van der Waals surface area contributed by atoms with Crippen molar-refractivity contribution in [1.29, 1.82) is 0 Å². The summed E-state index contributed by atoms with van der Waals surface area (Å²) < 4.78 is 2.75. The Bertz CT molecular complexity index is 589. The van der Waals surface area contributed by atoms with Gasteiger partial charge in [-0.2, -0.15) is 0 Å². The first-order chi connectivity index (χ1) is 11.3. The fourth-order valence-corrected chi connectivity index (χ4v) is 25.6. The summed E-state index contributed by atoms with van der Waals surface area (Å²) >= 11 is -0.762. The van der Waals surface area contributed by atoms with Crippen LogP contribution < -0.4 is 24.8 Å². The molecule has 1 saturated carbocycles. The molecule has 0 amide bonds. The van der Waals surface area contributed by atoms with Crippen molar-refractivity contribution in [1.82, 2.24) is 0 Å². The van der Waals surface area contributed by atoms with Gasteiger partial charge < -0.3 is 24.8 Å². The summed E-state index contributed by atoms with van der Waals surface area (Å²) in [6, 6.07) is 5.01. The van der Waals surface area contributed by atoms with Gasteiger partial charge in [-0.1, -0.05) is 0 Å². The van der Waals surface area contributed by atoms with E-state index in [0.29, 0.717) is 0 Å². The first-order valence-corrected chi connectivity index (χ1v) is 16.0. The number of hydrogen-bond acceptors (Lipinski definition) is 0. The number of allylic oxidation sites excluding steroid dienone is 8. The third-order valence-corrected chi connectivity index (χ3v) is 26.0. The zero-order chi connectivity index (χ0) is 15.8. The van der Waals surface area contributed by atoms with Gasteiger partial charge >= 0.3 is 155 Å². The molecule has 0 aromatic heterocycles. The molecule has 1 aliphatic heterocycles. The van der Waals surface area contributed by atoms with Gasteiger partial charge in [0, 0.05) is 0 Å². The zero-order valence-corrected chi connectivity index (χ0v) is 21.5. The Morgan fingerprint density at radius 2 is 1.96 bits per heavy atom. The Morgan fingerprint density at radius 1 is 1.16 bits per heavy atom. The van der Waals surface area contributed by atoms with Crippen molar-refractivity contribution >= 4 is 8.07 Å². The molecule has 136 valence electrons. The molecule has 0 aromatic rings. The van der Waals surface area contributed by atoms with Gasteiger partial charge in [0.2, 0.25) is 0 Å². The molecule has 0 radical (unpaired) electrons. The molecule has 2 unspecified atom stereocenters. The second kappa shape index (κ2) is 9.21. The summed E-state index contributed by atoms with van der Waals surface area (Å²) in [5.41, 5.74) is 2.00. The fraction of sp³-hybridized carbons (Fsp3) is 0.619. The predicted octanol–water partition coefficient (Wildman–Crippen LogP) is 0.568. The van der Waals surface area contributed by atoms with Crippen molar-refractivity contribution in [3.63, 3.8) is 0 Å². The summed E-state index contributed by atoms with van der Waals surface area (Å²) in [6.07, 6.45) is 25.0. The molecule has 1 saturated heterocycles. The Balaban J connectivity index is 0.00000113. The van der Waals surface area contributed by atoms with E-state index in [4.69, 9.17) is 0 Å². The molecule has 3 aliphatic carbocycles. The molecule has 2 fully saturated rings. The largest absolute Gasteiger partial charge is 1.00 e. The molecule has 0 aromatic carbocycles. The molecule has 0 N–H and O–H groups in total. The number of rotatable bonds is 6. The summed E-state index contributed by atoms with van der Waals surface area (Å²) in [4.78, 5) is 0. The van der Waals surface area contributed by atoms with Crippen LogP contribution >= 0.6 is 0 Å². The van der Waals surface area contributed by atoms with Crippen LogP contribution in [0.2, 0.25) is 20.9 Å². The van der Waals surface area contributed by atoms with Crippen molar-refractivity contribution in [3.8, 4) is 0 Å². The predicted molar refractivity (Wildman–Crippen MR) is 98.8 cm³/mol. The molecule has 0 spiro atoms. The van der Waals surface area contributed by atoms with Crippen molar-refractivity contribution in [2.75, 3.05) is 0 Å². The van der Waals surface area contributed by atoms with Crippen LogP contribution in [0, 0.1) is 5.92 Å². The maximum atomic E-state index is 2.62. The van der Waals surface area contributed by atoms with Crippen LogP contribution in [0.15, 0.2) is 45.4 Å². The van der Waals surface area contributed by atoms with Crippen LogP contribution in [-0.4, -0.2) is 8.07 Å². The van der Waals surface area contributed by atoms with Gasteiger partial charge in [0.05, 0.1) is 0 Å². The number of halogens is 2. The Labute approximate surface area is 178 Å².